The Hall–Kier alpha value is -1.43. The zero-order valence-electron chi connectivity index (χ0n) is 11.0. The van der Waals surface area contributed by atoms with Crippen LogP contribution in [-0.2, 0) is 27.4 Å². The van der Waals surface area contributed by atoms with Gasteiger partial charge in [0, 0.05) is 20.2 Å². The SMILES string of the molecule is COCc1cccc(CN2CCOCC2C(=O)O)c1. The van der Waals surface area contributed by atoms with Gasteiger partial charge in [-0.15, -0.1) is 0 Å². The lowest BCUT2D eigenvalue weighted by Crippen LogP contribution is -2.49. The van der Waals surface area contributed by atoms with Crippen LogP contribution in [0.25, 0.3) is 0 Å². The molecule has 1 unspecified atom stereocenters. The molecule has 104 valence electrons. The van der Waals surface area contributed by atoms with Crippen molar-refractivity contribution >= 4 is 5.97 Å². The van der Waals surface area contributed by atoms with E-state index in [0.717, 1.165) is 11.1 Å². The molecule has 0 saturated carbocycles. The molecule has 0 spiro atoms. The molecule has 1 aliphatic rings. The molecular weight excluding hydrogens is 246 g/mol. The number of morpholine rings is 1. The molecule has 5 nitrogen and oxygen atoms in total. The Morgan fingerprint density at radius 3 is 3.05 bits per heavy atom. The van der Waals surface area contributed by atoms with Crippen LogP contribution < -0.4 is 0 Å². The Balaban J connectivity index is 2.06. The summed E-state index contributed by atoms with van der Waals surface area (Å²) in [5.41, 5.74) is 2.20. The Labute approximate surface area is 112 Å². The summed E-state index contributed by atoms with van der Waals surface area (Å²) >= 11 is 0. The number of ether oxygens (including phenoxy) is 2. The lowest BCUT2D eigenvalue weighted by molar-refractivity contribution is -0.150. The summed E-state index contributed by atoms with van der Waals surface area (Å²) in [5.74, 6) is -0.826. The van der Waals surface area contributed by atoms with E-state index in [1.807, 2.05) is 23.1 Å². The van der Waals surface area contributed by atoms with Gasteiger partial charge in [-0.3, -0.25) is 9.69 Å². The van der Waals surface area contributed by atoms with E-state index in [0.29, 0.717) is 26.3 Å². The molecule has 1 aromatic rings. The van der Waals surface area contributed by atoms with E-state index in [-0.39, 0.29) is 6.61 Å². The Morgan fingerprint density at radius 1 is 1.53 bits per heavy atom. The van der Waals surface area contributed by atoms with Gasteiger partial charge < -0.3 is 14.6 Å². The first-order chi connectivity index (χ1) is 9.20. The van der Waals surface area contributed by atoms with Crippen LogP contribution in [0, 0.1) is 0 Å². The van der Waals surface area contributed by atoms with Crippen LogP contribution >= 0.6 is 0 Å². The van der Waals surface area contributed by atoms with Crippen LogP contribution in [0.2, 0.25) is 0 Å². The highest BCUT2D eigenvalue weighted by atomic mass is 16.5. The molecule has 1 fully saturated rings. The van der Waals surface area contributed by atoms with Gasteiger partial charge >= 0.3 is 5.97 Å². The van der Waals surface area contributed by atoms with Crippen molar-refractivity contribution in [2.24, 2.45) is 0 Å². The molecule has 1 aromatic carbocycles. The van der Waals surface area contributed by atoms with Crippen molar-refractivity contribution in [2.75, 3.05) is 26.9 Å². The maximum Gasteiger partial charge on any atom is 0.323 e. The molecule has 0 amide bonds. The number of carbonyl (C=O) groups is 1. The predicted molar refractivity (Wildman–Crippen MR) is 69.8 cm³/mol. The zero-order chi connectivity index (χ0) is 13.7. The standard InChI is InChI=1S/C14H19NO4/c1-18-9-12-4-2-3-11(7-12)8-15-5-6-19-10-13(15)14(16)17/h2-4,7,13H,5-6,8-10H2,1H3,(H,16,17). The first-order valence-corrected chi connectivity index (χ1v) is 6.32. The van der Waals surface area contributed by atoms with Crippen molar-refractivity contribution in [3.05, 3.63) is 35.4 Å². The molecule has 2 rings (SSSR count). The molecule has 1 N–H and O–H groups in total. The molecule has 0 radical (unpaired) electrons. The molecule has 19 heavy (non-hydrogen) atoms. The highest BCUT2D eigenvalue weighted by Crippen LogP contribution is 2.14. The van der Waals surface area contributed by atoms with Gasteiger partial charge in [0.25, 0.3) is 0 Å². The largest absolute Gasteiger partial charge is 0.480 e. The number of hydrogen-bond acceptors (Lipinski definition) is 4. The summed E-state index contributed by atoms with van der Waals surface area (Å²) in [7, 11) is 1.66. The van der Waals surface area contributed by atoms with Gasteiger partial charge in [0.2, 0.25) is 0 Å². The third-order valence-corrected chi connectivity index (χ3v) is 3.21. The van der Waals surface area contributed by atoms with Crippen LogP contribution in [0.1, 0.15) is 11.1 Å². The second kappa shape index (κ2) is 6.65. The first kappa shape index (κ1) is 14.0. The van der Waals surface area contributed by atoms with Gasteiger partial charge in [-0.05, 0) is 11.1 Å². The third-order valence-electron chi connectivity index (χ3n) is 3.21. The minimum atomic E-state index is -0.826. The molecule has 1 heterocycles. The molecule has 5 heteroatoms. The quantitative estimate of drug-likeness (QED) is 0.864. The summed E-state index contributed by atoms with van der Waals surface area (Å²) in [6.07, 6.45) is 0. The van der Waals surface area contributed by atoms with Crippen molar-refractivity contribution in [2.45, 2.75) is 19.2 Å². The number of rotatable bonds is 5. The topological polar surface area (TPSA) is 59.0 Å². The highest BCUT2D eigenvalue weighted by Gasteiger charge is 2.28. The van der Waals surface area contributed by atoms with Gasteiger partial charge in [0.1, 0.15) is 6.04 Å². The lowest BCUT2D eigenvalue weighted by Gasteiger charge is -2.32. The number of benzene rings is 1. The average molecular weight is 265 g/mol. The Kier molecular flexibility index (Phi) is 4.90. The molecule has 1 saturated heterocycles. The number of methoxy groups -OCH3 is 1. The van der Waals surface area contributed by atoms with E-state index in [4.69, 9.17) is 9.47 Å². The van der Waals surface area contributed by atoms with Crippen LogP contribution in [0.5, 0.6) is 0 Å². The molecule has 0 aliphatic carbocycles. The van der Waals surface area contributed by atoms with Crippen LogP contribution in [-0.4, -0.2) is 48.9 Å². The predicted octanol–water partition coefficient (Wildman–Crippen LogP) is 1.12. The van der Waals surface area contributed by atoms with E-state index >= 15 is 0 Å². The van der Waals surface area contributed by atoms with Gasteiger partial charge in [-0.25, -0.2) is 0 Å². The highest BCUT2D eigenvalue weighted by molar-refractivity contribution is 5.73. The summed E-state index contributed by atoms with van der Waals surface area (Å²) in [6.45, 7) is 2.68. The van der Waals surface area contributed by atoms with Crippen molar-refractivity contribution in [1.29, 1.82) is 0 Å². The van der Waals surface area contributed by atoms with Gasteiger partial charge in [0.05, 0.1) is 19.8 Å². The average Bonchev–Trinajstić information content (AvgIpc) is 2.40. The van der Waals surface area contributed by atoms with Crippen LogP contribution in [0.3, 0.4) is 0 Å². The maximum atomic E-state index is 11.2. The molecule has 1 atom stereocenters. The molecular formula is C14H19NO4. The minimum Gasteiger partial charge on any atom is -0.480 e. The number of hydrogen-bond donors (Lipinski definition) is 1. The monoisotopic (exact) mass is 265 g/mol. The van der Waals surface area contributed by atoms with Crippen molar-refractivity contribution in [3.8, 4) is 0 Å². The van der Waals surface area contributed by atoms with Crippen LogP contribution in [0.15, 0.2) is 24.3 Å². The van der Waals surface area contributed by atoms with Gasteiger partial charge in [0.15, 0.2) is 0 Å². The Bertz CT molecular complexity index is 435. The number of nitrogens with zero attached hydrogens (tertiary/aromatic N) is 1. The van der Waals surface area contributed by atoms with Crippen LogP contribution in [0.4, 0.5) is 0 Å². The van der Waals surface area contributed by atoms with Crippen molar-refractivity contribution in [3.63, 3.8) is 0 Å². The summed E-state index contributed by atoms with van der Waals surface area (Å²) in [5, 5.41) is 9.18. The fourth-order valence-corrected chi connectivity index (χ4v) is 2.27. The normalized spacial score (nSPS) is 20.4. The number of carboxylic acids is 1. The van der Waals surface area contributed by atoms with Gasteiger partial charge in [-0.1, -0.05) is 24.3 Å². The van der Waals surface area contributed by atoms with E-state index < -0.39 is 12.0 Å². The molecule has 1 aliphatic heterocycles. The summed E-state index contributed by atoms with van der Waals surface area (Å²) in [6, 6.07) is 7.48. The van der Waals surface area contributed by atoms with Gasteiger partial charge in [-0.2, -0.15) is 0 Å². The smallest absolute Gasteiger partial charge is 0.323 e. The first-order valence-electron chi connectivity index (χ1n) is 6.32. The third kappa shape index (κ3) is 3.76. The van der Waals surface area contributed by atoms with E-state index in [1.165, 1.54) is 0 Å². The molecule has 0 aromatic heterocycles. The minimum absolute atomic E-state index is 0.257. The van der Waals surface area contributed by atoms with Crippen molar-refractivity contribution in [1.82, 2.24) is 4.90 Å². The van der Waals surface area contributed by atoms with E-state index in [1.54, 1.807) is 7.11 Å². The van der Waals surface area contributed by atoms with Crippen molar-refractivity contribution < 1.29 is 19.4 Å². The molecule has 0 bridgehead atoms. The Morgan fingerprint density at radius 2 is 2.32 bits per heavy atom. The summed E-state index contributed by atoms with van der Waals surface area (Å²) in [4.78, 5) is 13.1. The number of carboxylic acid groups (broad SMARTS) is 1. The summed E-state index contributed by atoms with van der Waals surface area (Å²) < 4.78 is 10.3. The van der Waals surface area contributed by atoms with E-state index in [9.17, 15) is 9.90 Å². The maximum absolute atomic E-state index is 11.2. The number of aliphatic carboxylic acids is 1. The second-order valence-electron chi connectivity index (χ2n) is 4.65. The van der Waals surface area contributed by atoms with E-state index in [2.05, 4.69) is 6.07 Å². The lowest BCUT2D eigenvalue weighted by atomic mass is 10.1. The fourth-order valence-electron chi connectivity index (χ4n) is 2.27. The fraction of sp³-hybridized carbons (Fsp3) is 0.500. The second-order valence-corrected chi connectivity index (χ2v) is 4.65. The zero-order valence-corrected chi connectivity index (χ0v) is 11.0.